The highest BCUT2D eigenvalue weighted by Crippen LogP contribution is 2.22. The molecule has 5 N–H and O–H groups in total. The van der Waals surface area contributed by atoms with Crippen molar-refractivity contribution in [2.75, 3.05) is 0 Å². The Balaban J connectivity index is 3.10. The number of nitrogens with zero attached hydrogens (tertiary/aromatic N) is 1. The minimum Gasteiger partial charge on any atom is -0.321 e. The predicted octanol–water partition coefficient (Wildman–Crippen LogP) is 1.19. The van der Waals surface area contributed by atoms with Crippen molar-refractivity contribution in [2.45, 2.75) is 0 Å². The quantitative estimate of drug-likeness (QED) is 0.308. The van der Waals surface area contributed by atoms with E-state index in [-0.39, 0.29) is 0 Å². The molecule has 0 unspecified atom stereocenters. The summed E-state index contributed by atoms with van der Waals surface area (Å²) in [5.41, 5.74) is 3.10. The fourth-order valence-corrected chi connectivity index (χ4v) is 1.27. The molecule has 0 radical (unpaired) electrons. The molecule has 0 aromatic heterocycles. The van der Waals surface area contributed by atoms with Gasteiger partial charge in [-0.05, 0) is 34.1 Å². The minimum absolute atomic E-state index is 0.384. The Labute approximate surface area is 89.0 Å². The number of hydrogen-bond acceptors (Lipinski definition) is 3. The third kappa shape index (κ3) is 2.33. The molecule has 0 fully saturated rings. The zero-order valence-electron chi connectivity index (χ0n) is 6.59. The Morgan fingerprint density at radius 2 is 2.23 bits per heavy atom. The Kier molecular flexibility index (Phi) is 3.53. The van der Waals surface area contributed by atoms with Crippen molar-refractivity contribution in [3.8, 4) is 0 Å². The largest absolute Gasteiger partial charge is 0.321 e. The first-order valence-corrected chi connectivity index (χ1v) is 4.56. The van der Waals surface area contributed by atoms with Crippen LogP contribution in [-0.4, -0.2) is 5.84 Å². The molecule has 1 aromatic rings. The van der Waals surface area contributed by atoms with Crippen LogP contribution < -0.4 is 17.1 Å². The number of benzene rings is 1. The number of amidine groups is 1. The second kappa shape index (κ2) is 4.45. The topological polar surface area (TPSA) is 76.4 Å². The second-order valence-electron chi connectivity index (χ2n) is 2.25. The predicted molar refractivity (Wildman–Crippen MR) is 57.2 cm³/mol. The lowest BCUT2D eigenvalue weighted by Gasteiger charge is -2.04. The molecule has 0 saturated heterocycles. The SMILES string of the molecule is N/N=C(\NN)c1ccc(Br)c(Cl)c1. The maximum absolute atomic E-state index is 5.86. The zero-order valence-corrected chi connectivity index (χ0v) is 8.93. The van der Waals surface area contributed by atoms with Crippen LogP contribution in [0.5, 0.6) is 0 Å². The number of hydrazine groups is 1. The van der Waals surface area contributed by atoms with E-state index in [2.05, 4.69) is 26.5 Å². The summed E-state index contributed by atoms with van der Waals surface area (Å²) in [4.78, 5) is 0. The molecule has 1 rings (SSSR count). The van der Waals surface area contributed by atoms with Crippen LogP contribution in [0.1, 0.15) is 5.56 Å². The van der Waals surface area contributed by atoms with Gasteiger partial charge in [-0.15, -0.1) is 0 Å². The van der Waals surface area contributed by atoms with Gasteiger partial charge in [0, 0.05) is 10.0 Å². The fourth-order valence-electron chi connectivity index (χ4n) is 0.839. The number of nitrogens with two attached hydrogens (primary N) is 2. The molecule has 0 aliphatic carbocycles. The van der Waals surface area contributed by atoms with E-state index in [1.165, 1.54) is 0 Å². The molecule has 70 valence electrons. The lowest BCUT2D eigenvalue weighted by molar-refractivity contribution is 1.00. The zero-order chi connectivity index (χ0) is 9.84. The van der Waals surface area contributed by atoms with E-state index in [0.717, 1.165) is 10.0 Å². The van der Waals surface area contributed by atoms with Gasteiger partial charge in [-0.25, -0.2) is 5.84 Å². The Morgan fingerprint density at radius 1 is 1.54 bits per heavy atom. The third-order valence-corrected chi connectivity index (χ3v) is 2.69. The molecule has 6 heteroatoms. The molecule has 1 aromatic carbocycles. The first-order chi connectivity index (χ1) is 6.19. The summed E-state index contributed by atoms with van der Waals surface area (Å²) in [7, 11) is 0. The first kappa shape index (κ1) is 10.3. The average Bonchev–Trinajstić information content (AvgIpc) is 2.13. The highest BCUT2D eigenvalue weighted by atomic mass is 79.9. The van der Waals surface area contributed by atoms with E-state index in [9.17, 15) is 0 Å². The number of nitrogens with one attached hydrogen (secondary N) is 1. The molecule has 0 heterocycles. The Hall–Kier alpha value is -0.780. The maximum Gasteiger partial charge on any atom is 0.166 e. The summed E-state index contributed by atoms with van der Waals surface area (Å²) >= 11 is 9.13. The molecule has 4 nitrogen and oxygen atoms in total. The van der Waals surface area contributed by atoms with E-state index in [1.54, 1.807) is 18.2 Å². The lowest BCUT2D eigenvalue weighted by atomic mass is 10.2. The molecular formula is C7H8BrClN4. The molecule has 0 amide bonds. The van der Waals surface area contributed by atoms with E-state index < -0.39 is 0 Å². The van der Waals surface area contributed by atoms with Gasteiger partial charge in [0.05, 0.1) is 5.02 Å². The lowest BCUT2D eigenvalue weighted by Crippen LogP contribution is -2.32. The molecule has 0 atom stereocenters. The second-order valence-corrected chi connectivity index (χ2v) is 3.51. The molecule has 13 heavy (non-hydrogen) atoms. The standard InChI is InChI=1S/C7H8BrClN4/c8-5-2-1-4(3-6(5)9)7(12-10)13-11/h1-3H,10-11H2,(H,12,13). The molecule has 0 spiro atoms. The van der Waals surface area contributed by atoms with E-state index in [0.29, 0.717) is 10.9 Å². The summed E-state index contributed by atoms with van der Waals surface area (Å²) in [6, 6.07) is 5.29. The normalized spacial score (nSPS) is 11.5. The highest BCUT2D eigenvalue weighted by Gasteiger charge is 2.03. The molecule has 0 saturated carbocycles. The van der Waals surface area contributed by atoms with E-state index in [4.69, 9.17) is 23.3 Å². The van der Waals surface area contributed by atoms with Gasteiger partial charge in [0.25, 0.3) is 0 Å². The van der Waals surface area contributed by atoms with Crippen molar-refractivity contribution in [2.24, 2.45) is 16.8 Å². The first-order valence-electron chi connectivity index (χ1n) is 3.39. The Bertz CT molecular complexity index is 339. The van der Waals surface area contributed by atoms with Crippen molar-refractivity contribution < 1.29 is 0 Å². The number of hydrogen-bond donors (Lipinski definition) is 3. The maximum atomic E-state index is 5.86. The Morgan fingerprint density at radius 3 is 2.69 bits per heavy atom. The smallest absolute Gasteiger partial charge is 0.166 e. The highest BCUT2D eigenvalue weighted by molar-refractivity contribution is 9.10. The number of halogens is 2. The van der Waals surface area contributed by atoms with Gasteiger partial charge in [0.15, 0.2) is 5.84 Å². The van der Waals surface area contributed by atoms with Gasteiger partial charge in [0.1, 0.15) is 0 Å². The van der Waals surface area contributed by atoms with Crippen LogP contribution in [-0.2, 0) is 0 Å². The summed E-state index contributed by atoms with van der Waals surface area (Å²) in [6.07, 6.45) is 0. The van der Waals surface area contributed by atoms with Gasteiger partial charge in [-0.1, -0.05) is 11.6 Å². The molecule has 0 bridgehead atoms. The van der Waals surface area contributed by atoms with Crippen LogP contribution in [0.25, 0.3) is 0 Å². The number of rotatable bonds is 1. The average molecular weight is 264 g/mol. The van der Waals surface area contributed by atoms with Crippen molar-refractivity contribution in [1.29, 1.82) is 0 Å². The fraction of sp³-hybridized carbons (Fsp3) is 0. The van der Waals surface area contributed by atoms with Gasteiger partial charge in [-0.2, -0.15) is 5.10 Å². The van der Waals surface area contributed by atoms with Crippen molar-refractivity contribution in [3.05, 3.63) is 33.3 Å². The summed E-state index contributed by atoms with van der Waals surface area (Å²) < 4.78 is 0.811. The molecule has 0 aliphatic rings. The van der Waals surface area contributed by atoms with Crippen LogP contribution in [0.15, 0.2) is 27.8 Å². The number of hydrazone groups is 1. The van der Waals surface area contributed by atoms with Crippen molar-refractivity contribution >= 4 is 33.4 Å². The molecular weight excluding hydrogens is 255 g/mol. The molecule has 0 aliphatic heterocycles. The van der Waals surface area contributed by atoms with Crippen LogP contribution in [0.2, 0.25) is 5.02 Å². The van der Waals surface area contributed by atoms with E-state index >= 15 is 0 Å². The van der Waals surface area contributed by atoms with Gasteiger partial charge in [0.2, 0.25) is 0 Å². The van der Waals surface area contributed by atoms with Gasteiger partial charge in [-0.3, -0.25) is 0 Å². The summed E-state index contributed by atoms with van der Waals surface area (Å²) in [5.74, 6) is 10.7. The van der Waals surface area contributed by atoms with Crippen LogP contribution in [0.4, 0.5) is 0 Å². The van der Waals surface area contributed by atoms with Crippen molar-refractivity contribution in [1.82, 2.24) is 5.43 Å². The summed E-state index contributed by atoms with van der Waals surface area (Å²) in [5, 5.41) is 4.03. The van der Waals surface area contributed by atoms with Crippen LogP contribution in [0.3, 0.4) is 0 Å². The van der Waals surface area contributed by atoms with E-state index in [1.807, 2.05) is 0 Å². The minimum atomic E-state index is 0.384. The third-order valence-electron chi connectivity index (χ3n) is 1.46. The van der Waals surface area contributed by atoms with Gasteiger partial charge >= 0.3 is 0 Å². The van der Waals surface area contributed by atoms with Gasteiger partial charge < -0.3 is 11.3 Å². The summed E-state index contributed by atoms with van der Waals surface area (Å²) in [6.45, 7) is 0. The monoisotopic (exact) mass is 262 g/mol. The van der Waals surface area contributed by atoms with Crippen LogP contribution >= 0.6 is 27.5 Å². The van der Waals surface area contributed by atoms with Crippen LogP contribution in [0, 0.1) is 0 Å². The van der Waals surface area contributed by atoms with Crippen molar-refractivity contribution in [3.63, 3.8) is 0 Å².